The van der Waals surface area contributed by atoms with Crippen molar-refractivity contribution < 1.29 is 9.59 Å². The van der Waals surface area contributed by atoms with Crippen LogP contribution >= 0.6 is 24.8 Å². The Hall–Kier alpha value is -0.560. The van der Waals surface area contributed by atoms with Gasteiger partial charge in [-0.3, -0.25) is 14.5 Å². The normalized spacial score (nSPS) is 21.8. The van der Waals surface area contributed by atoms with Gasteiger partial charge in [-0.25, -0.2) is 0 Å². The highest BCUT2D eigenvalue weighted by Crippen LogP contribution is 2.20. The van der Waals surface area contributed by atoms with Gasteiger partial charge in [-0.05, 0) is 33.1 Å². The molecule has 6 nitrogen and oxygen atoms in total. The molecule has 2 rings (SSSR count). The second-order valence-corrected chi connectivity index (χ2v) is 6.95. The largest absolute Gasteiger partial charge is 0.352 e. The summed E-state index contributed by atoms with van der Waals surface area (Å²) in [6.45, 7) is 8.56. The minimum atomic E-state index is -0.772. The number of amides is 2. The lowest BCUT2D eigenvalue weighted by Crippen LogP contribution is -2.60. The van der Waals surface area contributed by atoms with Crippen molar-refractivity contribution in [2.24, 2.45) is 5.73 Å². The van der Waals surface area contributed by atoms with E-state index in [2.05, 4.69) is 10.2 Å². The molecule has 2 unspecified atom stereocenters. The monoisotopic (exact) mass is 382 g/mol. The van der Waals surface area contributed by atoms with Crippen LogP contribution in [0.25, 0.3) is 0 Å². The highest BCUT2D eigenvalue weighted by molar-refractivity contribution is 5.86. The fourth-order valence-electron chi connectivity index (χ4n) is 3.02. The molecule has 2 fully saturated rings. The van der Waals surface area contributed by atoms with Crippen LogP contribution in [0.2, 0.25) is 0 Å². The molecule has 1 aliphatic carbocycles. The molecule has 3 N–H and O–H groups in total. The van der Waals surface area contributed by atoms with Crippen LogP contribution in [0.4, 0.5) is 0 Å². The Bertz CT molecular complexity index is 422. The molecule has 24 heavy (non-hydrogen) atoms. The van der Waals surface area contributed by atoms with E-state index in [0.29, 0.717) is 25.6 Å². The Kier molecular flexibility index (Phi) is 9.57. The third kappa shape index (κ3) is 6.06. The van der Waals surface area contributed by atoms with E-state index in [1.54, 1.807) is 0 Å². The zero-order valence-electron chi connectivity index (χ0n) is 14.9. The van der Waals surface area contributed by atoms with E-state index < -0.39 is 5.54 Å². The first-order valence-electron chi connectivity index (χ1n) is 8.48. The number of nitrogens with one attached hydrogen (secondary N) is 1. The predicted molar refractivity (Wildman–Crippen MR) is 101 cm³/mol. The third-order valence-corrected chi connectivity index (χ3v) is 4.71. The minimum absolute atomic E-state index is 0. The quantitative estimate of drug-likeness (QED) is 0.722. The van der Waals surface area contributed by atoms with E-state index in [4.69, 9.17) is 5.73 Å². The van der Waals surface area contributed by atoms with Gasteiger partial charge in [0, 0.05) is 32.2 Å². The van der Waals surface area contributed by atoms with Gasteiger partial charge in [-0.15, -0.1) is 24.8 Å². The van der Waals surface area contributed by atoms with E-state index in [1.807, 2.05) is 25.7 Å². The van der Waals surface area contributed by atoms with Crippen LogP contribution in [0.1, 0.15) is 46.5 Å². The molecule has 1 saturated carbocycles. The zero-order chi connectivity index (χ0) is 16.3. The molecule has 2 aliphatic rings. The van der Waals surface area contributed by atoms with Crippen LogP contribution in [0.3, 0.4) is 0 Å². The molecule has 2 atom stereocenters. The van der Waals surface area contributed by atoms with E-state index in [9.17, 15) is 9.59 Å². The average molecular weight is 383 g/mol. The Morgan fingerprint density at radius 3 is 2.21 bits per heavy atom. The lowest BCUT2D eigenvalue weighted by Gasteiger charge is -2.40. The summed E-state index contributed by atoms with van der Waals surface area (Å²) in [5.41, 5.74) is 5.37. The van der Waals surface area contributed by atoms with Crippen molar-refractivity contribution in [2.75, 3.05) is 26.2 Å². The van der Waals surface area contributed by atoms with Gasteiger partial charge in [-0.2, -0.15) is 0 Å². The van der Waals surface area contributed by atoms with Gasteiger partial charge in [0.1, 0.15) is 0 Å². The molecule has 0 radical (unpaired) electrons. The SMILES string of the molecule is CCCC(C)(N)C(=O)N1CCN(C(C)C(=O)NC2CC2)CC1.Cl.Cl. The van der Waals surface area contributed by atoms with Crippen LogP contribution < -0.4 is 11.1 Å². The number of rotatable bonds is 6. The van der Waals surface area contributed by atoms with Gasteiger partial charge < -0.3 is 16.0 Å². The lowest BCUT2D eigenvalue weighted by molar-refractivity contribution is -0.139. The summed E-state index contributed by atoms with van der Waals surface area (Å²) in [5.74, 6) is 0.140. The maximum Gasteiger partial charge on any atom is 0.242 e. The summed E-state index contributed by atoms with van der Waals surface area (Å²) in [4.78, 5) is 28.6. The maximum atomic E-state index is 12.5. The van der Waals surface area contributed by atoms with E-state index in [-0.39, 0.29) is 42.7 Å². The summed E-state index contributed by atoms with van der Waals surface area (Å²) in [7, 11) is 0. The lowest BCUT2D eigenvalue weighted by atomic mass is 9.95. The number of halogens is 2. The standard InChI is InChI=1S/C16H30N4O2.2ClH/c1-4-7-16(3,17)15(22)20-10-8-19(9-11-20)12(2)14(21)18-13-5-6-13;;/h12-13H,4-11,17H2,1-3H3,(H,18,21);2*1H. The van der Waals surface area contributed by atoms with Gasteiger partial charge in [0.05, 0.1) is 11.6 Å². The first kappa shape index (κ1) is 23.4. The van der Waals surface area contributed by atoms with Crippen LogP contribution in [0.5, 0.6) is 0 Å². The molecule has 0 aromatic rings. The molecule has 8 heteroatoms. The number of carbonyl (C=O) groups is 2. The van der Waals surface area contributed by atoms with Gasteiger partial charge in [0.25, 0.3) is 0 Å². The predicted octanol–water partition coefficient (Wildman–Crippen LogP) is 1.16. The van der Waals surface area contributed by atoms with Gasteiger partial charge in [0.15, 0.2) is 0 Å². The van der Waals surface area contributed by atoms with Crippen molar-refractivity contribution in [3.63, 3.8) is 0 Å². The van der Waals surface area contributed by atoms with Crippen LogP contribution in [-0.2, 0) is 9.59 Å². The summed E-state index contributed by atoms with van der Waals surface area (Å²) >= 11 is 0. The van der Waals surface area contributed by atoms with Gasteiger partial charge >= 0.3 is 0 Å². The summed E-state index contributed by atoms with van der Waals surface area (Å²) in [6, 6.07) is 0.266. The number of piperazine rings is 1. The van der Waals surface area contributed by atoms with E-state index >= 15 is 0 Å². The number of hydrogen-bond donors (Lipinski definition) is 2. The summed E-state index contributed by atoms with van der Waals surface area (Å²) < 4.78 is 0. The van der Waals surface area contributed by atoms with Crippen molar-refractivity contribution in [3.8, 4) is 0 Å². The molecular formula is C16H32Cl2N4O2. The van der Waals surface area contributed by atoms with Crippen molar-refractivity contribution in [2.45, 2.75) is 64.1 Å². The zero-order valence-corrected chi connectivity index (χ0v) is 16.5. The molecule has 1 heterocycles. The van der Waals surface area contributed by atoms with Crippen molar-refractivity contribution in [1.82, 2.24) is 15.1 Å². The van der Waals surface area contributed by atoms with E-state index in [1.165, 1.54) is 0 Å². The first-order chi connectivity index (χ1) is 10.3. The highest BCUT2D eigenvalue weighted by Gasteiger charge is 2.35. The molecule has 1 aliphatic heterocycles. The van der Waals surface area contributed by atoms with Crippen molar-refractivity contribution >= 4 is 36.6 Å². The first-order valence-corrected chi connectivity index (χ1v) is 8.48. The average Bonchev–Trinajstić information content (AvgIpc) is 3.29. The second kappa shape index (κ2) is 9.80. The second-order valence-electron chi connectivity index (χ2n) is 6.95. The highest BCUT2D eigenvalue weighted by atomic mass is 35.5. The number of hydrogen-bond acceptors (Lipinski definition) is 4. The molecule has 1 saturated heterocycles. The Morgan fingerprint density at radius 1 is 1.21 bits per heavy atom. The number of nitrogens with two attached hydrogens (primary N) is 1. The number of carbonyl (C=O) groups excluding carboxylic acids is 2. The van der Waals surface area contributed by atoms with Crippen LogP contribution in [0, 0.1) is 0 Å². The number of nitrogens with zero attached hydrogens (tertiary/aromatic N) is 2. The molecule has 0 bridgehead atoms. The molecule has 0 spiro atoms. The van der Waals surface area contributed by atoms with Crippen LogP contribution in [-0.4, -0.2) is 65.4 Å². The topological polar surface area (TPSA) is 78.7 Å². The van der Waals surface area contributed by atoms with Crippen LogP contribution in [0.15, 0.2) is 0 Å². The minimum Gasteiger partial charge on any atom is -0.352 e. The molecule has 0 aromatic carbocycles. The van der Waals surface area contributed by atoms with E-state index in [0.717, 1.165) is 32.4 Å². The summed E-state index contributed by atoms with van der Waals surface area (Å²) in [6.07, 6.45) is 3.81. The fraction of sp³-hybridized carbons (Fsp3) is 0.875. The Balaban J connectivity index is 0.00000264. The smallest absolute Gasteiger partial charge is 0.242 e. The van der Waals surface area contributed by atoms with Gasteiger partial charge in [0.2, 0.25) is 11.8 Å². The van der Waals surface area contributed by atoms with Crippen molar-refractivity contribution in [1.29, 1.82) is 0 Å². The molecular weight excluding hydrogens is 351 g/mol. The summed E-state index contributed by atoms with van der Waals surface area (Å²) in [5, 5.41) is 3.04. The Morgan fingerprint density at radius 2 is 1.75 bits per heavy atom. The third-order valence-electron chi connectivity index (χ3n) is 4.71. The van der Waals surface area contributed by atoms with Crippen molar-refractivity contribution in [3.05, 3.63) is 0 Å². The molecule has 0 aromatic heterocycles. The molecule has 2 amide bonds. The fourth-order valence-corrected chi connectivity index (χ4v) is 3.02. The maximum absolute atomic E-state index is 12.5. The van der Waals surface area contributed by atoms with Gasteiger partial charge in [-0.1, -0.05) is 13.3 Å². The Labute approximate surface area is 157 Å². The molecule has 142 valence electrons.